The highest BCUT2D eigenvalue weighted by Gasteiger charge is 2.23. The zero-order valence-corrected chi connectivity index (χ0v) is 15.6. The van der Waals surface area contributed by atoms with Crippen LogP contribution in [-0.4, -0.2) is 40.6 Å². The number of piperidine rings is 1. The Balaban J connectivity index is 1.73. The van der Waals surface area contributed by atoms with Crippen LogP contribution >= 0.6 is 0 Å². The molecule has 1 aliphatic heterocycles. The Morgan fingerprint density at radius 2 is 1.81 bits per heavy atom. The molecule has 2 aromatic rings. The number of likely N-dealkylation sites (tertiary alicyclic amines) is 1. The summed E-state index contributed by atoms with van der Waals surface area (Å²) in [6.07, 6.45) is 3.44. The van der Waals surface area contributed by atoms with Crippen LogP contribution in [0, 0.1) is 5.92 Å². The molecule has 2 amide bonds. The fraction of sp³-hybridized carbons (Fsp3) is 0.333. The monoisotopic (exact) mass is 365 g/mol. The number of anilines is 1. The van der Waals surface area contributed by atoms with Gasteiger partial charge in [0.15, 0.2) is 5.78 Å². The summed E-state index contributed by atoms with van der Waals surface area (Å²) in [6, 6.07) is 9.84. The molecule has 1 aromatic heterocycles. The van der Waals surface area contributed by atoms with E-state index in [2.05, 4.69) is 17.2 Å². The molecule has 1 fully saturated rings. The molecule has 1 aromatic carbocycles. The van der Waals surface area contributed by atoms with Crippen LogP contribution in [0.4, 0.5) is 5.69 Å². The van der Waals surface area contributed by atoms with Gasteiger partial charge < -0.3 is 10.2 Å². The van der Waals surface area contributed by atoms with E-state index in [-0.39, 0.29) is 23.3 Å². The Labute approximate surface area is 158 Å². The normalized spacial score (nSPS) is 14.7. The number of nitrogens with one attached hydrogen (secondary N) is 1. The lowest BCUT2D eigenvalue weighted by Crippen LogP contribution is -2.38. The molecule has 6 heteroatoms. The van der Waals surface area contributed by atoms with Gasteiger partial charge in [0.25, 0.3) is 11.8 Å². The molecule has 2 heterocycles. The third-order valence-electron chi connectivity index (χ3n) is 4.84. The molecular formula is C21H23N3O3. The summed E-state index contributed by atoms with van der Waals surface area (Å²) in [5.41, 5.74) is 1.68. The fourth-order valence-electron chi connectivity index (χ4n) is 3.08. The number of benzene rings is 1. The van der Waals surface area contributed by atoms with E-state index in [9.17, 15) is 14.4 Å². The lowest BCUT2D eigenvalue weighted by molar-refractivity contribution is 0.0691. The highest BCUT2D eigenvalue weighted by molar-refractivity contribution is 6.06. The Bertz CT molecular complexity index is 870. The molecule has 0 saturated carbocycles. The fourth-order valence-corrected chi connectivity index (χ4v) is 3.08. The first-order valence-electron chi connectivity index (χ1n) is 9.11. The van der Waals surface area contributed by atoms with E-state index in [1.54, 1.807) is 35.2 Å². The number of amides is 2. The number of Topliss-reactive ketones (excluding diaryl/α,β-unsaturated/α-hetero) is 1. The zero-order chi connectivity index (χ0) is 19.4. The Morgan fingerprint density at radius 1 is 1.07 bits per heavy atom. The number of pyridine rings is 1. The smallest absolute Gasteiger partial charge is 0.272 e. The van der Waals surface area contributed by atoms with Crippen molar-refractivity contribution in [2.45, 2.75) is 26.7 Å². The average Bonchev–Trinajstić information content (AvgIpc) is 2.68. The second-order valence-corrected chi connectivity index (χ2v) is 7.00. The van der Waals surface area contributed by atoms with Crippen LogP contribution in [0.5, 0.6) is 0 Å². The van der Waals surface area contributed by atoms with Crippen LogP contribution in [0.1, 0.15) is 57.9 Å². The van der Waals surface area contributed by atoms with Gasteiger partial charge in [-0.15, -0.1) is 0 Å². The maximum Gasteiger partial charge on any atom is 0.272 e. The third kappa shape index (κ3) is 4.58. The van der Waals surface area contributed by atoms with Crippen LogP contribution in [0.3, 0.4) is 0 Å². The maximum atomic E-state index is 12.7. The Hall–Kier alpha value is -3.02. The van der Waals surface area contributed by atoms with Crippen molar-refractivity contribution in [3.63, 3.8) is 0 Å². The van der Waals surface area contributed by atoms with Crippen molar-refractivity contribution in [1.82, 2.24) is 9.88 Å². The van der Waals surface area contributed by atoms with Crippen LogP contribution < -0.4 is 5.32 Å². The van der Waals surface area contributed by atoms with Gasteiger partial charge in [0, 0.05) is 36.1 Å². The minimum absolute atomic E-state index is 0.0706. The second kappa shape index (κ2) is 8.12. The highest BCUT2D eigenvalue weighted by atomic mass is 16.2. The van der Waals surface area contributed by atoms with E-state index in [0.29, 0.717) is 22.7 Å². The number of nitrogens with zero attached hydrogens (tertiary/aromatic N) is 2. The van der Waals surface area contributed by atoms with E-state index in [0.717, 1.165) is 25.9 Å². The number of carbonyl (C=O) groups excluding carboxylic acids is 3. The molecule has 0 aliphatic carbocycles. The number of ketones is 1. The summed E-state index contributed by atoms with van der Waals surface area (Å²) in [7, 11) is 0. The van der Waals surface area contributed by atoms with Gasteiger partial charge in [0.2, 0.25) is 0 Å². The molecule has 1 aliphatic rings. The molecule has 0 radical (unpaired) electrons. The Morgan fingerprint density at radius 3 is 2.52 bits per heavy atom. The predicted octanol–water partition coefficient (Wildman–Crippen LogP) is 3.41. The van der Waals surface area contributed by atoms with Gasteiger partial charge in [-0.05, 0) is 49.9 Å². The van der Waals surface area contributed by atoms with Crippen molar-refractivity contribution in [1.29, 1.82) is 0 Å². The minimum Gasteiger partial charge on any atom is -0.337 e. The first-order valence-corrected chi connectivity index (χ1v) is 9.11. The molecule has 1 saturated heterocycles. The number of carbonyl (C=O) groups is 3. The van der Waals surface area contributed by atoms with E-state index in [1.165, 1.54) is 19.2 Å². The molecular weight excluding hydrogens is 342 g/mol. The van der Waals surface area contributed by atoms with Gasteiger partial charge in [-0.25, -0.2) is 0 Å². The first kappa shape index (κ1) is 18.8. The average molecular weight is 365 g/mol. The van der Waals surface area contributed by atoms with Gasteiger partial charge >= 0.3 is 0 Å². The van der Waals surface area contributed by atoms with E-state index >= 15 is 0 Å². The van der Waals surface area contributed by atoms with Crippen LogP contribution in [0.15, 0.2) is 42.6 Å². The number of hydrogen-bond donors (Lipinski definition) is 1. The predicted molar refractivity (Wildman–Crippen MR) is 103 cm³/mol. The van der Waals surface area contributed by atoms with E-state index in [1.807, 2.05) is 0 Å². The molecule has 0 bridgehead atoms. The van der Waals surface area contributed by atoms with E-state index < -0.39 is 0 Å². The maximum absolute atomic E-state index is 12.7. The van der Waals surface area contributed by atoms with Gasteiger partial charge in [-0.3, -0.25) is 19.4 Å². The Kier molecular flexibility index (Phi) is 5.64. The molecule has 3 rings (SSSR count). The third-order valence-corrected chi connectivity index (χ3v) is 4.84. The van der Waals surface area contributed by atoms with Crippen molar-refractivity contribution < 1.29 is 14.4 Å². The summed E-state index contributed by atoms with van der Waals surface area (Å²) in [5, 5.41) is 2.76. The summed E-state index contributed by atoms with van der Waals surface area (Å²) >= 11 is 0. The molecule has 0 unspecified atom stereocenters. The molecule has 0 spiro atoms. The SMILES string of the molecule is CC(=O)c1cccc(NC(=O)c2ccnc(C(=O)N3CCC(C)CC3)c2)c1. The summed E-state index contributed by atoms with van der Waals surface area (Å²) in [6.45, 7) is 5.10. The minimum atomic E-state index is -0.348. The van der Waals surface area contributed by atoms with Crippen molar-refractivity contribution in [3.8, 4) is 0 Å². The molecule has 27 heavy (non-hydrogen) atoms. The van der Waals surface area contributed by atoms with Crippen molar-refractivity contribution in [2.24, 2.45) is 5.92 Å². The highest BCUT2D eigenvalue weighted by Crippen LogP contribution is 2.18. The van der Waals surface area contributed by atoms with Crippen LogP contribution in [0.2, 0.25) is 0 Å². The lowest BCUT2D eigenvalue weighted by atomic mass is 9.99. The first-order chi connectivity index (χ1) is 12.9. The molecule has 6 nitrogen and oxygen atoms in total. The molecule has 0 atom stereocenters. The van der Waals surface area contributed by atoms with Gasteiger partial charge in [0.1, 0.15) is 5.69 Å². The van der Waals surface area contributed by atoms with Crippen LogP contribution in [0.25, 0.3) is 0 Å². The van der Waals surface area contributed by atoms with Crippen LogP contribution in [-0.2, 0) is 0 Å². The second-order valence-electron chi connectivity index (χ2n) is 7.00. The van der Waals surface area contributed by atoms with Gasteiger partial charge in [-0.1, -0.05) is 19.1 Å². The summed E-state index contributed by atoms with van der Waals surface area (Å²) in [5.74, 6) is 0.0678. The number of rotatable bonds is 4. The molecule has 1 N–H and O–H groups in total. The number of hydrogen-bond acceptors (Lipinski definition) is 4. The van der Waals surface area contributed by atoms with Crippen molar-refractivity contribution >= 4 is 23.3 Å². The van der Waals surface area contributed by atoms with Crippen molar-refractivity contribution in [2.75, 3.05) is 18.4 Å². The standard InChI is InChI=1S/C21H23N3O3/c1-14-7-10-24(11-8-14)21(27)19-13-17(6-9-22-19)20(26)23-18-5-3-4-16(12-18)15(2)25/h3-6,9,12-14H,7-8,10-11H2,1-2H3,(H,23,26). The largest absolute Gasteiger partial charge is 0.337 e. The van der Waals surface area contributed by atoms with Crippen molar-refractivity contribution in [3.05, 3.63) is 59.4 Å². The van der Waals surface area contributed by atoms with E-state index in [4.69, 9.17) is 0 Å². The number of aromatic nitrogens is 1. The summed E-state index contributed by atoms with van der Waals surface area (Å²) in [4.78, 5) is 42.6. The summed E-state index contributed by atoms with van der Waals surface area (Å²) < 4.78 is 0. The topological polar surface area (TPSA) is 79.4 Å². The quantitative estimate of drug-likeness (QED) is 0.842. The lowest BCUT2D eigenvalue weighted by Gasteiger charge is -2.30. The van der Waals surface area contributed by atoms with Gasteiger partial charge in [0.05, 0.1) is 0 Å². The molecule has 140 valence electrons. The zero-order valence-electron chi connectivity index (χ0n) is 15.6. The van der Waals surface area contributed by atoms with Gasteiger partial charge in [-0.2, -0.15) is 0 Å².